The van der Waals surface area contributed by atoms with Crippen LogP contribution in [0.3, 0.4) is 0 Å². The number of ether oxygens (including phenoxy) is 1. The Bertz CT molecular complexity index is 445. The molecule has 5 heteroatoms. The number of benzene rings is 1. The van der Waals surface area contributed by atoms with Crippen molar-refractivity contribution in [1.82, 2.24) is 4.72 Å². The minimum absolute atomic E-state index is 0.121. The quantitative estimate of drug-likeness (QED) is 0.751. The molecule has 0 saturated carbocycles. The van der Waals surface area contributed by atoms with E-state index in [-0.39, 0.29) is 18.4 Å². The van der Waals surface area contributed by atoms with Crippen LogP contribution in [-0.4, -0.2) is 23.3 Å². The van der Waals surface area contributed by atoms with Gasteiger partial charge in [0.05, 0.1) is 18.4 Å². The van der Waals surface area contributed by atoms with E-state index in [0.717, 1.165) is 29.7 Å². The largest absolute Gasteiger partial charge is 0.469 e. The van der Waals surface area contributed by atoms with Gasteiger partial charge in [0.15, 0.2) is 0 Å². The molecule has 0 aliphatic carbocycles. The van der Waals surface area contributed by atoms with Gasteiger partial charge in [-0.05, 0) is 25.5 Å². The number of methoxy groups -OCH3 is 1. The number of nitrogens with one attached hydrogen (secondary N) is 1. The fourth-order valence-electron chi connectivity index (χ4n) is 1.82. The Labute approximate surface area is 123 Å². The van der Waals surface area contributed by atoms with E-state index in [9.17, 15) is 9.00 Å². The van der Waals surface area contributed by atoms with Gasteiger partial charge in [0.25, 0.3) is 0 Å². The fourth-order valence-corrected chi connectivity index (χ4v) is 2.84. The maximum absolute atomic E-state index is 12.2. The lowest BCUT2D eigenvalue weighted by Gasteiger charge is -2.16. The molecule has 4 nitrogen and oxygen atoms in total. The summed E-state index contributed by atoms with van der Waals surface area (Å²) in [4.78, 5) is 12.1. The van der Waals surface area contributed by atoms with Gasteiger partial charge in [-0.25, -0.2) is 8.93 Å². The molecular formula is C15H23NO3S. The van der Waals surface area contributed by atoms with Gasteiger partial charge >= 0.3 is 5.97 Å². The first kappa shape index (κ1) is 16.9. The van der Waals surface area contributed by atoms with Crippen molar-refractivity contribution in [2.75, 3.05) is 7.11 Å². The monoisotopic (exact) mass is 297 g/mol. The summed E-state index contributed by atoms with van der Waals surface area (Å²) in [6.07, 6.45) is 3.08. The zero-order chi connectivity index (χ0) is 15.0. The van der Waals surface area contributed by atoms with E-state index >= 15 is 0 Å². The van der Waals surface area contributed by atoms with Gasteiger partial charge in [-0.15, -0.1) is 0 Å². The van der Waals surface area contributed by atoms with Crippen LogP contribution in [-0.2, 0) is 20.5 Å². The lowest BCUT2D eigenvalue weighted by molar-refractivity contribution is -0.141. The van der Waals surface area contributed by atoms with E-state index in [1.807, 2.05) is 31.2 Å². The van der Waals surface area contributed by atoms with Crippen molar-refractivity contribution in [3.8, 4) is 0 Å². The molecule has 2 atom stereocenters. The molecule has 112 valence electrons. The van der Waals surface area contributed by atoms with E-state index in [1.165, 1.54) is 7.11 Å². The molecule has 0 saturated heterocycles. The fraction of sp³-hybridized carbons (Fsp3) is 0.533. The van der Waals surface area contributed by atoms with Crippen molar-refractivity contribution >= 4 is 17.0 Å². The topological polar surface area (TPSA) is 55.4 Å². The molecule has 1 N–H and O–H groups in total. The van der Waals surface area contributed by atoms with Gasteiger partial charge in [-0.3, -0.25) is 4.79 Å². The Morgan fingerprint density at radius 1 is 1.35 bits per heavy atom. The van der Waals surface area contributed by atoms with E-state index in [0.29, 0.717) is 0 Å². The number of hydrogen-bond acceptors (Lipinski definition) is 3. The molecule has 1 aromatic rings. The molecule has 20 heavy (non-hydrogen) atoms. The number of esters is 1. The minimum Gasteiger partial charge on any atom is -0.469 e. The maximum Gasteiger partial charge on any atom is 0.307 e. The van der Waals surface area contributed by atoms with Crippen LogP contribution >= 0.6 is 0 Å². The van der Waals surface area contributed by atoms with Crippen LogP contribution in [0.25, 0.3) is 0 Å². The Morgan fingerprint density at radius 2 is 2.00 bits per heavy atom. The summed E-state index contributed by atoms with van der Waals surface area (Å²) in [6.45, 7) is 4.08. The van der Waals surface area contributed by atoms with Crippen molar-refractivity contribution in [3.05, 3.63) is 29.8 Å². The van der Waals surface area contributed by atoms with Crippen LogP contribution in [0.2, 0.25) is 0 Å². The van der Waals surface area contributed by atoms with Crippen molar-refractivity contribution < 1.29 is 13.7 Å². The summed E-state index contributed by atoms with van der Waals surface area (Å²) in [7, 11) is 0.0698. The molecule has 0 radical (unpaired) electrons. The molecule has 0 bridgehead atoms. The van der Waals surface area contributed by atoms with E-state index in [4.69, 9.17) is 0 Å². The first-order valence-electron chi connectivity index (χ1n) is 6.88. The van der Waals surface area contributed by atoms with Gasteiger partial charge in [-0.2, -0.15) is 0 Å². The van der Waals surface area contributed by atoms with Gasteiger partial charge in [-0.1, -0.05) is 37.5 Å². The lowest BCUT2D eigenvalue weighted by Crippen LogP contribution is -2.33. The Balaban J connectivity index is 2.64. The highest BCUT2D eigenvalue weighted by Crippen LogP contribution is 2.11. The molecular weight excluding hydrogens is 274 g/mol. The number of unbranched alkanes of at least 4 members (excludes halogenated alkanes) is 1. The van der Waals surface area contributed by atoms with Crippen LogP contribution in [0.15, 0.2) is 29.2 Å². The highest BCUT2D eigenvalue weighted by molar-refractivity contribution is 7.83. The van der Waals surface area contributed by atoms with E-state index in [2.05, 4.69) is 16.4 Å². The number of hydrogen-bond donors (Lipinski definition) is 1. The third kappa shape index (κ3) is 5.84. The SMILES string of the molecule is CCCC[C@H](CC(=O)OC)N[S@](=O)c1ccc(C)cc1. The Hall–Kier alpha value is -1.20. The molecule has 0 spiro atoms. The predicted molar refractivity (Wildman–Crippen MR) is 80.7 cm³/mol. The predicted octanol–water partition coefficient (Wildman–Crippen LogP) is 2.73. The average molecular weight is 297 g/mol. The third-order valence-electron chi connectivity index (χ3n) is 3.06. The van der Waals surface area contributed by atoms with E-state index < -0.39 is 11.0 Å². The van der Waals surface area contributed by atoms with Crippen LogP contribution in [0.5, 0.6) is 0 Å². The number of aryl methyl sites for hydroxylation is 1. The summed E-state index contributed by atoms with van der Waals surface area (Å²) in [5.74, 6) is -0.278. The van der Waals surface area contributed by atoms with Crippen molar-refractivity contribution in [1.29, 1.82) is 0 Å². The van der Waals surface area contributed by atoms with Crippen molar-refractivity contribution in [2.45, 2.75) is 50.5 Å². The van der Waals surface area contributed by atoms with E-state index in [1.54, 1.807) is 0 Å². The maximum atomic E-state index is 12.2. The van der Waals surface area contributed by atoms with Crippen molar-refractivity contribution in [2.24, 2.45) is 0 Å². The highest BCUT2D eigenvalue weighted by atomic mass is 32.2. The van der Waals surface area contributed by atoms with Gasteiger partial charge in [0.2, 0.25) is 0 Å². The standard InChI is InChI=1S/C15H23NO3S/c1-4-5-6-13(11-15(17)19-3)16-20(18)14-9-7-12(2)8-10-14/h7-10,13,16H,4-6,11H2,1-3H3/t13-,20-/m1/s1. The van der Waals surface area contributed by atoms with Gasteiger partial charge in [0, 0.05) is 6.04 Å². The third-order valence-corrected chi connectivity index (χ3v) is 4.30. The number of carbonyl (C=O) groups excluding carboxylic acids is 1. The highest BCUT2D eigenvalue weighted by Gasteiger charge is 2.17. The summed E-state index contributed by atoms with van der Waals surface area (Å²) in [6, 6.07) is 7.41. The molecule has 0 fully saturated rings. The smallest absolute Gasteiger partial charge is 0.307 e. The average Bonchev–Trinajstić information content (AvgIpc) is 2.45. The molecule has 0 aliphatic heterocycles. The van der Waals surface area contributed by atoms with Gasteiger partial charge < -0.3 is 4.74 Å². The Kier molecular flexibility index (Phi) is 7.47. The van der Waals surface area contributed by atoms with Crippen LogP contribution in [0.1, 0.15) is 38.2 Å². The molecule has 0 aliphatic rings. The van der Waals surface area contributed by atoms with Crippen LogP contribution in [0.4, 0.5) is 0 Å². The first-order chi connectivity index (χ1) is 9.56. The van der Waals surface area contributed by atoms with Crippen molar-refractivity contribution in [3.63, 3.8) is 0 Å². The summed E-state index contributed by atoms with van der Waals surface area (Å²) >= 11 is 0. The first-order valence-corrected chi connectivity index (χ1v) is 8.03. The molecule has 0 amide bonds. The summed E-state index contributed by atoms with van der Waals surface area (Å²) in [5, 5.41) is 0. The van der Waals surface area contributed by atoms with Gasteiger partial charge in [0.1, 0.15) is 11.0 Å². The second-order valence-corrected chi connectivity index (χ2v) is 6.06. The second kappa shape index (κ2) is 8.87. The summed E-state index contributed by atoms with van der Waals surface area (Å²) < 4.78 is 20.0. The summed E-state index contributed by atoms with van der Waals surface area (Å²) in [5.41, 5.74) is 1.13. The molecule has 0 unspecified atom stereocenters. The molecule has 1 rings (SSSR count). The van der Waals surface area contributed by atoms with Crippen LogP contribution in [0, 0.1) is 6.92 Å². The number of carbonyl (C=O) groups is 1. The zero-order valence-corrected chi connectivity index (χ0v) is 13.2. The molecule has 0 aromatic heterocycles. The molecule has 0 heterocycles. The Morgan fingerprint density at radius 3 is 2.55 bits per heavy atom. The number of rotatable bonds is 8. The zero-order valence-electron chi connectivity index (χ0n) is 12.3. The van der Waals surface area contributed by atoms with Crippen LogP contribution < -0.4 is 4.72 Å². The normalized spacial score (nSPS) is 13.8. The second-order valence-electron chi connectivity index (χ2n) is 4.82. The lowest BCUT2D eigenvalue weighted by atomic mass is 10.1. The molecule has 1 aromatic carbocycles. The minimum atomic E-state index is -1.30.